The molecule has 0 radical (unpaired) electrons. The number of aromatic nitrogens is 3. The molecule has 0 saturated heterocycles. The largest absolute Gasteiger partial charge is 0.306 e. The molecule has 0 aromatic carbocycles. The molecule has 3 aromatic rings. The summed E-state index contributed by atoms with van der Waals surface area (Å²) in [6, 6.07) is 6.76. The van der Waals surface area contributed by atoms with Crippen LogP contribution >= 0.6 is 0 Å². The van der Waals surface area contributed by atoms with E-state index in [1.54, 1.807) is 27.3 Å². The van der Waals surface area contributed by atoms with Gasteiger partial charge in [0.1, 0.15) is 11.2 Å². The van der Waals surface area contributed by atoms with Crippen molar-refractivity contribution in [1.82, 2.24) is 14.0 Å². The van der Waals surface area contributed by atoms with Gasteiger partial charge in [-0.3, -0.25) is 14.0 Å². The van der Waals surface area contributed by atoms with Crippen molar-refractivity contribution >= 4 is 16.7 Å². The molecule has 0 saturated carbocycles. The summed E-state index contributed by atoms with van der Waals surface area (Å²) < 4.78 is 3.48. The van der Waals surface area contributed by atoms with Crippen molar-refractivity contribution in [3.8, 4) is 0 Å². The summed E-state index contributed by atoms with van der Waals surface area (Å²) in [5.41, 5.74) is 1.84. The lowest BCUT2D eigenvalue weighted by Crippen LogP contribution is -2.24. The van der Waals surface area contributed by atoms with Gasteiger partial charge in [0.2, 0.25) is 5.56 Å². The molecule has 0 aliphatic carbocycles. The third-order valence-corrected chi connectivity index (χ3v) is 3.36. The first-order chi connectivity index (χ1) is 9.22. The molecule has 0 unspecified atom stereocenters. The highest BCUT2D eigenvalue weighted by atomic mass is 16.1. The predicted molar refractivity (Wildman–Crippen MR) is 74.7 cm³/mol. The van der Waals surface area contributed by atoms with E-state index in [1.165, 1.54) is 6.07 Å². The number of H-pyrrole nitrogens is 1. The van der Waals surface area contributed by atoms with Crippen LogP contribution in [-0.4, -0.2) is 14.0 Å². The van der Waals surface area contributed by atoms with E-state index in [4.69, 9.17) is 0 Å². The molecular weight excluding hydrogens is 242 g/mol. The molecule has 0 bridgehead atoms. The van der Waals surface area contributed by atoms with Gasteiger partial charge in [-0.2, -0.15) is 0 Å². The molecule has 0 atom stereocenters. The first kappa shape index (κ1) is 11.8. The SMILES string of the molecule is CCCCn1c(=O)c2cccn2c2[nH]c(=O)ccc21. The van der Waals surface area contributed by atoms with Gasteiger partial charge in [-0.05, 0) is 24.6 Å². The highest BCUT2D eigenvalue weighted by molar-refractivity contribution is 5.74. The van der Waals surface area contributed by atoms with Crippen molar-refractivity contribution in [2.75, 3.05) is 0 Å². The molecule has 0 spiro atoms. The van der Waals surface area contributed by atoms with Crippen LogP contribution in [0, 0.1) is 0 Å². The van der Waals surface area contributed by atoms with E-state index in [1.807, 2.05) is 6.07 Å². The van der Waals surface area contributed by atoms with Gasteiger partial charge in [0, 0.05) is 18.8 Å². The number of aromatic amines is 1. The Morgan fingerprint density at radius 3 is 2.79 bits per heavy atom. The van der Waals surface area contributed by atoms with Crippen molar-refractivity contribution in [3.05, 3.63) is 51.2 Å². The molecule has 0 aliphatic heterocycles. The van der Waals surface area contributed by atoms with E-state index in [2.05, 4.69) is 11.9 Å². The van der Waals surface area contributed by atoms with Crippen LogP contribution < -0.4 is 11.1 Å². The van der Waals surface area contributed by atoms with Crippen LogP contribution in [0.15, 0.2) is 40.1 Å². The average molecular weight is 257 g/mol. The second-order valence-corrected chi connectivity index (χ2v) is 4.63. The maximum absolute atomic E-state index is 12.4. The number of nitrogens with zero attached hydrogens (tertiary/aromatic N) is 2. The zero-order valence-corrected chi connectivity index (χ0v) is 10.7. The number of hydrogen-bond acceptors (Lipinski definition) is 2. The van der Waals surface area contributed by atoms with Gasteiger partial charge in [-0.15, -0.1) is 0 Å². The third-order valence-electron chi connectivity index (χ3n) is 3.36. The van der Waals surface area contributed by atoms with Crippen molar-refractivity contribution in [3.63, 3.8) is 0 Å². The summed E-state index contributed by atoms with van der Waals surface area (Å²) in [6.45, 7) is 2.75. The van der Waals surface area contributed by atoms with Crippen LogP contribution in [0.25, 0.3) is 16.7 Å². The fraction of sp³-hybridized carbons (Fsp3) is 0.286. The van der Waals surface area contributed by atoms with Gasteiger partial charge in [0.05, 0.1) is 5.52 Å². The van der Waals surface area contributed by atoms with Crippen LogP contribution in [0.3, 0.4) is 0 Å². The highest BCUT2D eigenvalue weighted by Crippen LogP contribution is 2.12. The Labute approximate surface area is 109 Å². The minimum absolute atomic E-state index is 0.0157. The van der Waals surface area contributed by atoms with Gasteiger partial charge in [0.25, 0.3) is 5.56 Å². The molecule has 3 rings (SSSR count). The van der Waals surface area contributed by atoms with Gasteiger partial charge < -0.3 is 9.55 Å². The van der Waals surface area contributed by atoms with Crippen LogP contribution in [0.2, 0.25) is 0 Å². The first-order valence-electron chi connectivity index (χ1n) is 6.45. The lowest BCUT2D eigenvalue weighted by atomic mass is 10.3. The number of pyridine rings is 1. The van der Waals surface area contributed by atoms with E-state index in [0.29, 0.717) is 17.7 Å². The number of unbranched alkanes of at least 4 members (excludes halogenated alkanes) is 1. The van der Waals surface area contributed by atoms with E-state index < -0.39 is 0 Å². The predicted octanol–water partition coefficient (Wildman–Crippen LogP) is 1.74. The molecule has 1 N–H and O–H groups in total. The Hall–Kier alpha value is -2.30. The number of nitrogens with one attached hydrogen (secondary N) is 1. The number of aryl methyl sites for hydroxylation is 1. The maximum Gasteiger partial charge on any atom is 0.275 e. The van der Waals surface area contributed by atoms with E-state index in [-0.39, 0.29) is 11.1 Å². The first-order valence-corrected chi connectivity index (χ1v) is 6.45. The normalized spacial score (nSPS) is 11.4. The molecule has 3 heterocycles. The van der Waals surface area contributed by atoms with Crippen molar-refractivity contribution in [2.45, 2.75) is 26.3 Å². The lowest BCUT2D eigenvalue weighted by Gasteiger charge is -2.11. The Morgan fingerprint density at radius 2 is 2.00 bits per heavy atom. The lowest BCUT2D eigenvalue weighted by molar-refractivity contribution is 0.631. The molecule has 0 fully saturated rings. The minimum Gasteiger partial charge on any atom is -0.306 e. The monoisotopic (exact) mass is 257 g/mol. The highest BCUT2D eigenvalue weighted by Gasteiger charge is 2.10. The Balaban J connectivity index is 2.46. The number of rotatable bonds is 3. The van der Waals surface area contributed by atoms with Crippen molar-refractivity contribution < 1.29 is 0 Å². The summed E-state index contributed by atoms with van der Waals surface area (Å²) >= 11 is 0. The van der Waals surface area contributed by atoms with E-state index in [9.17, 15) is 9.59 Å². The van der Waals surface area contributed by atoms with Crippen LogP contribution in [0.4, 0.5) is 0 Å². The summed E-state index contributed by atoms with van der Waals surface area (Å²) in [5, 5.41) is 0. The zero-order chi connectivity index (χ0) is 13.4. The molecule has 0 aliphatic rings. The quantitative estimate of drug-likeness (QED) is 0.777. The zero-order valence-electron chi connectivity index (χ0n) is 10.7. The van der Waals surface area contributed by atoms with Crippen molar-refractivity contribution in [1.29, 1.82) is 0 Å². The number of hydrogen-bond donors (Lipinski definition) is 1. The Morgan fingerprint density at radius 1 is 1.16 bits per heavy atom. The van der Waals surface area contributed by atoms with Gasteiger partial charge in [0.15, 0.2) is 0 Å². The average Bonchev–Trinajstić information content (AvgIpc) is 2.89. The van der Waals surface area contributed by atoms with Gasteiger partial charge in [-0.25, -0.2) is 0 Å². The van der Waals surface area contributed by atoms with Crippen LogP contribution in [-0.2, 0) is 6.54 Å². The smallest absolute Gasteiger partial charge is 0.275 e. The molecular formula is C14H15N3O2. The van der Waals surface area contributed by atoms with Gasteiger partial charge >= 0.3 is 0 Å². The van der Waals surface area contributed by atoms with Gasteiger partial charge in [-0.1, -0.05) is 13.3 Å². The third kappa shape index (κ3) is 1.78. The van der Waals surface area contributed by atoms with Crippen molar-refractivity contribution in [2.24, 2.45) is 0 Å². The standard InChI is InChI=1S/C14H15N3O2/c1-2-3-8-17-10-6-7-12(18)15-13(10)16-9-4-5-11(16)14(17)19/h4-7,9H,2-3,8H2,1H3,(H,15,18). The number of fused-ring (bicyclic) bond motifs is 3. The summed E-state index contributed by atoms with van der Waals surface area (Å²) in [4.78, 5) is 26.8. The second-order valence-electron chi connectivity index (χ2n) is 4.63. The second kappa shape index (κ2) is 4.42. The molecule has 0 amide bonds. The summed E-state index contributed by atoms with van der Waals surface area (Å²) in [5.74, 6) is 0. The molecule has 5 nitrogen and oxygen atoms in total. The topological polar surface area (TPSA) is 59.3 Å². The Kier molecular flexibility index (Phi) is 2.74. The maximum atomic E-state index is 12.4. The van der Waals surface area contributed by atoms with Crippen LogP contribution in [0.1, 0.15) is 19.8 Å². The molecule has 3 aromatic heterocycles. The minimum atomic E-state index is -0.164. The van der Waals surface area contributed by atoms with Crippen LogP contribution in [0.5, 0.6) is 0 Å². The fourth-order valence-corrected chi connectivity index (χ4v) is 2.39. The van der Waals surface area contributed by atoms with E-state index in [0.717, 1.165) is 18.4 Å². The molecule has 5 heteroatoms. The summed E-state index contributed by atoms with van der Waals surface area (Å²) in [6.07, 6.45) is 3.74. The molecule has 19 heavy (non-hydrogen) atoms. The fourth-order valence-electron chi connectivity index (χ4n) is 2.39. The van der Waals surface area contributed by atoms with E-state index >= 15 is 0 Å². The summed E-state index contributed by atoms with van der Waals surface area (Å²) in [7, 11) is 0. The Bertz CT molecular complexity index is 854. The molecule has 98 valence electrons.